The van der Waals surface area contributed by atoms with E-state index in [1.807, 2.05) is 36.6 Å². The molecule has 0 bridgehead atoms. The maximum Gasteiger partial charge on any atom is 0.262 e. The summed E-state index contributed by atoms with van der Waals surface area (Å²) < 4.78 is 6.70. The lowest BCUT2D eigenvalue weighted by molar-refractivity contribution is 0.102. The van der Waals surface area contributed by atoms with Crippen LogP contribution in [0, 0.1) is 0 Å². The van der Waals surface area contributed by atoms with Crippen molar-refractivity contribution in [1.29, 1.82) is 0 Å². The van der Waals surface area contributed by atoms with Crippen LogP contribution in [0.15, 0.2) is 59.6 Å². The second-order valence-electron chi connectivity index (χ2n) is 5.20. The van der Waals surface area contributed by atoms with Crippen molar-refractivity contribution in [2.24, 2.45) is 0 Å². The highest BCUT2D eigenvalue weighted by Crippen LogP contribution is 2.28. The van der Waals surface area contributed by atoms with Gasteiger partial charge in [-0.2, -0.15) is 5.10 Å². The number of aromatic nitrogens is 2. The fourth-order valence-corrected chi connectivity index (χ4v) is 2.97. The van der Waals surface area contributed by atoms with E-state index in [1.165, 1.54) is 11.8 Å². The van der Waals surface area contributed by atoms with Crippen LogP contribution in [0.3, 0.4) is 0 Å². The van der Waals surface area contributed by atoms with Crippen LogP contribution in [0.1, 0.15) is 10.4 Å². The lowest BCUT2D eigenvalue weighted by Gasteiger charge is -2.07. The lowest BCUT2D eigenvalue weighted by Crippen LogP contribution is -2.14. The number of para-hydroxylation sites is 1. The zero-order valence-electron chi connectivity index (χ0n) is 13.9. The van der Waals surface area contributed by atoms with Crippen LogP contribution < -0.4 is 15.8 Å². The second-order valence-corrected chi connectivity index (χ2v) is 5.99. The number of nitrogens with zero attached hydrogens (tertiary/aromatic N) is 2. The Morgan fingerprint density at radius 1 is 1.16 bits per heavy atom. The van der Waals surface area contributed by atoms with Crippen molar-refractivity contribution >= 4 is 29.2 Å². The fraction of sp³-hybridized carbons (Fsp3) is 0.111. The highest BCUT2D eigenvalue weighted by Gasteiger charge is 2.22. The molecule has 0 aliphatic carbocycles. The monoisotopic (exact) mass is 354 g/mol. The molecule has 1 heterocycles. The highest BCUT2D eigenvalue weighted by atomic mass is 32.2. The Morgan fingerprint density at radius 2 is 1.84 bits per heavy atom. The van der Waals surface area contributed by atoms with Gasteiger partial charge >= 0.3 is 0 Å². The SMILES string of the molecule is COc1ccc(NC(=O)c2c(SC)nn(-c3ccccc3)c2N)cc1. The molecule has 0 fully saturated rings. The van der Waals surface area contributed by atoms with Gasteiger partial charge in [0.2, 0.25) is 0 Å². The van der Waals surface area contributed by atoms with Gasteiger partial charge in [0.25, 0.3) is 5.91 Å². The van der Waals surface area contributed by atoms with Crippen molar-refractivity contribution in [3.8, 4) is 11.4 Å². The summed E-state index contributed by atoms with van der Waals surface area (Å²) in [4.78, 5) is 12.7. The third-order valence-corrected chi connectivity index (χ3v) is 4.33. The molecule has 2 aromatic carbocycles. The number of carbonyl (C=O) groups excluding carboxylic acids is 1. The molecular weight excluding hydrogens is 336 g/mol. The van der Waals surface area contributed by atoms with Gasteiger partial charge in [-0.3, -0.25) is 4.79 Å². The minimum atomic E-state index is -0.297. The molecule has 0 atom stereocenters. The Hall–Kier alpha value is -2.93. The van der Waals surface area contributed by atoms with Gasteiger partial charge in [-0.05, 0) is 42.7 Å². The number of hydrogen-bond acceptors (Lipinski definition) is 5. The topological polar surface area (TPSA) is 82.2 Å². The van der Waals surface area contributed by atoms with Crippen LogP contribution in [-0.2, 0) is 0 Å². The predicted molar refractivity (Wildman–Crippen MR) is 101 cm³/mol. The van der Waals surface area contributed by atoms with E-state index in [2.05, 4.69) is 10.4 Å². The molecule has 0 spiro atoms. The summed E-state index contributed by atoms with van der Waals surface area (Å²) in [7, 11) is 1.59. The molecule has 128 valence electrons. The summed E-state index contributed by atoms with van der Waals surface area (Å²) in [5, 5.41) is 7.89. The van der Waals surface area contributed by atoms with Crippen molar-refractivity contribution in [3.05, 3.63) is 60.2 Å². The molecule has 7 heteroatoms. The quantitative estimate of drug-likeness (QED) is 0.686. The first-order valence-electron chi connectivity index (χ1n) is 7.57. The summed E-state index contributed by atoms with van der Waals surface area (Å²) in [6, 6.07) is 16.6. The Balaban J connectivity index is 1.92. The first kappa shape index (κ1) is 16.9. The average Bonchev–Trinajstić information content (AvgIpc) is 2.99. The second kappa shape index (κ2) is 7.31. The third kappa shape index (κ3) is 3.46. The number of anilines is 2. The smallest absolute Gasteiger partial charge is 0.262 e. The maximum atomic E-state index is 12.7. The van der Waals surface area contributed by atoms with Crippen LogP contribution in [0.4, 0.5) is 11.5 Å². The molecule has 0 aliphatic rings. The van der Waals surface area contributed by atoms with E-state index in [9.17, 15) is 4.79 Å². The maximum absolute atomic E-state index is 12.7. The fourth-order valence-electron chi connectivity index (χ4n) is 2.40. The van der Waals surface area contributed by atoms with Crippen molar-refractivity contribution in [2.45, 2.75) is 5.03 Å². The average molecular weight is 354 g/mol. The number of hydrogen-bond donors (Lipinski definition) is 2. The Morgan fingerprint density at radius 3 is 2.44 bits per heavy atom. The zero-order valence-corrected chi connectivity index (χ0v) is 14.7. The minimum absolute atomic E-state index is 0.297. The number of nitrogens with one attached hydrogen (secondary N) is 1. The number of thioether (sulfide) groups is 1. The zero-order chi connectivity index (χ0) is 17.8. The molecule has 0 saturated carbocycles. The number of nitrogens with two attached hydrogens (primary N) is 1. The summed E-state index contributed by atoms with van der Waals surface area (Å²) in [6.07, 6.45) is 1.86. The van der Waals surface area contributed by atoms with E-state index in [0.29, 0.717) is 22.1 Å². The number of carbonyl (C=O) groups is 1. The standard InChI is InChI=1S/C18H18N4O2S/c1-24-14-10-8-12(9-11-14)20-17(23)15-16(19)22(21-18(15)25-2)13-6-4-3-5-7-13/h3-11H,19H2,1-2H3,(H,20,23). The van der Waals surface area contributed by atoms with E-state index in [4.69, 9.17) is 10.5 Å². The van der Waals surface area contributed by atoms with Gasteiger partial charge in [0.15, 0.2) is 0 Å². The molecule has 0 radical (unpaired) electrons. The Labute approximate surface area is 150 Å². The normalized spacial score (nSPS) is 10.5. The molecule has 25 heavy (non-hydrogen) atoms. The van der Waals surface area contributed by atoms with Crippen molar-refractivity contribution in [3.63, 3.8) is 0 Å². The van der Waals surface area contributed by atoms with Crippen molar-refractivity contribution in [1.82, 2.24) is 9.78 Å². The van der Waals surface area contributed by atoms with Gasteiger partial charge in [-0.1, -0.05) is 18.2 Å². The lowest BCUT2D eigenvalue weighted by atomic mass is 10.2. The van der Waals surface area contributed by atoms with E-state index >= 15 is 0 Å². The van der Waals surface area contributed by atoms with Gasteiger partial charge in [-0.25, -0.2) is 4.68 Å². The largest absolute Gasteiger partial charge is 0.497 e. The van der Waals surface area contributed by atoms with Crippen LogP contribution >= 0.6 is 11.8 Å². The third-order valence-electron chi connectivity index (χ3n) is 3.66. The number of benzene rings is 2. The molecule has 1 amide bonds. The number of methoxy groups -OCH3 is 1. The molecule has 0 aliphatic heterocycles. The summed E-state index contributed by atoms with van der Waals surface area (Å²) >= 11 is 1.38. The van der Waals surface area contributed by atoms with Gasteiger partial charge < -0.3 is 15.8 Å². The van der Waals surface area contributed by atoms with Crippen LogP contribution in [0.2, 0.25) is 0 Å². The Bertz CT molecular complexity index is 876. The number of nitrogen functional groups attached to an aromatic ring is 1. The molecule has 3 N–H and O–H groups in total. The summed E-state index contributed by atoms with van der Waals surface area (Å²) in [5.41, 5.74) is 8.05. The number of ether oxygens (including phenoxy) is 1. The van der Waals surface area contributed by atoms with E-state index < -0.39 is 0 Å². The molecule has 3 rings (SSSR count). The van der Waals surface area contributed by atoms with Crippen LogP contribution in [-0.4, -0.2) is 29.1 Å². The van der Waals surface area contributed by atoms with E-state index in [1.54, 1.807) is 36.1 Å². The highest BCUT2D eigenvalue weighted by molar-refractivity contribution is 7.98. The first-order chi connectivity index (χ1) is 12.1. The minimum Gasteiger partial charge on any atom is -0.497 e. The molecule has 3 aromatic rings. The summed E-state index contributed by atoms with van der Waals surface area (Å²) in [5.74, 6) is 0.731. The molecule has 6 nitrogen and oxygen atoms in total. The van der Waals surface area contributed by atoms with Gasteiger partial charge in [0.1, 0.15) is 22.2 Å². The molecule has 0 unspecified atom stereocenters. The van der Waals surface area contributed by atoms with Gasteiger partial charge in [0, 0.05) is 5.69 Å². The van der Waals surface area contributed by atoms with Crippen molar-refractivity contribution in [2.75, 3.05) is 24.4 Å². The summed E-state index contributed by atoms with van der Waals surface area (Å²) in [6.45, 7) is 0. The van der Waals surface area contributed by atoms with Crippen LogP contribution in [0.25, 0.3) is 5.69 Å². The van der Waals surface area contributed by atoms with E-state index in [-0.39, 0.29) is 5.91 Å². The van der Waals surface area contributed by atoms with Gasteiger partial charge in [0.05, 0.1) is 12.8 Å². The number of rotatable bonds is 5. The van der Waals surface area contributed by atoms with E-state index in [0.717, 1.165) is 11.4 Å². The van der Waals surface area contributed by atoms with Crippen LogP contribution in [0.5, 0.6) is 5.75 Å². The predicted octanol–water partition coefficient (Wildman–Crippen LogP) is 3.44. The first-order valence-corrected chi connectivity index (χ1v) is 8.80. The molecular formula is C18H18N4O2S. The molecule has 1 aromatic heterocycles. The van der Waals surface area contributed by atoms with Crippen molar-refractivity contribution < 1.29 is 9.53 Å². The van der Waals surface area contributed by atoms with Gasteiger partial charge in [-0.15, -0.1) is 11.8 Å². The number of amides is 1. The Kier molecular flexibility index (Phi) is 4.95. The molecule has 0 saturated heterocycles.